The molecule has 0 aromatic heterocycles. The van der Waals surface area contributed by atoms with Gasteiger partial charge in [-0.3, -0.25) is 9.59 Å². The van der Waals surface area contributed by atoms with Crippen molar-refractivity contribution in [3.63, 3.8) is 0 Å². The zero-order chi connectivity index (χ0) is 15.6. The van der Waals surface area contributed by atoms with Gasteiger partial charge in [0, 0.05) is 13.0 Å². The van der Waals surface area contributed by atoms with Crippen LogP contribution in [-0.2, 0) is 15.8 Å². The molecule has 2 N–H and O–H groups in total. The molecule has 0 radical (unpaired) electrons. The Kier molecular flexibility index (Phi) is 4.06. The number of hydrogen-bond donors (Lipinski definition) is 1. The summed E-state index contributed by atoms with van der Waals surface area (Å²) in [7, 11) is 0. The summed E-state index contributed by atoms with van der Waals surface area (Å²) in [4.78, 5) is 23.4. The van der Waals surface area contributed by atoms with Gasteiger partial charge in [-0.25, -0.2) is 0 Å². The maximum atomic E-state index is 12.6. The lowest BCUT2D eigenvalue weighted by molar-refractivity contribution is -0.143. The first-order valence-electron chi connectivity index (χ1n) is 6.20. The summed E-state index contributed by atoms with van der Waals surface area (Å²) in [5, 5.41) is 0. The molecule has 0 spiro atoms. The van der Waals surface area contributed by atoms with Gasteiger partial charge in [-0.15, -0.1) is 0 Å². The second-order valence-electron chi connectivity index (χ2n) is 4.67. The molecule has 1 atom stereocenters. The molecule has 2 rings (SSSR count). The third-order valence-corrected chi connectivity index (χ3v) is 3.11. The van der Waals surface area contributed by atoms with Crippen molar-refractivity contribution in [2.75, 3.05) is 13.1 Å². The molecule has 21 heavy (non-hydrogen) atoms. The number of alkyl halides is 3. The fraction of sp³-hybridized carbons (Fsp3) is 0.385. The molecule has 1 aromatic carbocycles. The molecule has 1 aliphatic heterocycles. The molecule has 0 aliphatic carbocycles. The number of nitrogens with two attached hydrogens (primary N) is 1. The number of carbonyl (C=O) groups excluding carboxylic acids is 2. The summed E-state index contributed by atoms with van der Waals surface area (Å²) < 4.78 is 43.2. The first-order chi connectivity index (χ1) is 9.77. The summed E-state index contributed by atoms with van der Waals surface area (Å²) in [6.07, 6.45) is -4.48. The molecular weight excluding hydrogens is 289 g/mol. The summed E-state index contributed by atoms with van der Waals surface area (Å²) in [5.41, 5.74) is 4.08. The van der Waals surface area contributed by atoms with Gasteiger partial charge in [0.1, 0.15) is 11.9 Å². The van der Waals surface area contributed by atoms with Crippen LogP contribution < -0.4 is 10.5 Å². The van der Waals surface area contributed by atoms with Gasteiger partial charge >= 0.3 is 18.0 Å². The van der Waals surface area contributed by atoms with Crippen LogP contribution in [0.25, 0.3) is 0 Å². The van der Waals surface area contributed by atoms with Crippen LogP contribution in [0.2, 0.25) is 0 Å². The molecule has 1 saturated heterocycles. The van der Waals surface area contributed by atoms with Crippen LogP contribution in [0.15, 0.2) is 24.3 Å². The Hall–Kier alpha value is -2.25. The molecule has 114 valence electrons. The van der Waals surface area contributed by atoms with Crippen LogP contribution in [0.3, 0.4) is 0 Å². The Morgan fingerprint density at radius 2 is 2.05 bits per heavy atom. The predicted molar refractivity (Wildman–Crippen MR) is 66.3 cm³/mol. The molecule has 8 heteroatoms. The topological polar surface area (TPSA) is 72.6 Å². The maximum absolute atomic E-state index is 12.6. The number of hydrogen-bond acceptors (Lipinski definition) is 3. The second-order valence-corrected chi connectivity index (χ2v) is 4.67. The smallest absolute Gasteiger partial charge is 0.416 e. The monoisotopic (exact) mass is 302 g/mol. The van der Waals surface area contributed by atoms with Crippen molar-refractivity contribution in [3.8, 4) is 5.75 Å². The number of rotatable bonds is 2. The molecule has 1 aromatic rings. The zero-order valence-electron chi connectivity index (χ0n) is 10.9. The highest BCUT2D eigenvalue weighted by molar-refractivity contribution is 6.34. The van der Waals surface area contributed by atoms with E-state index in [0.29, 0.717) is 6.42 Å². The van der Waals surface area contributed by atoms with Crippen LogP contribution in [0.5, 0.6) is 5.75 Å². The van der Waals surface area contributed by atoms with Gasteiger partial charge in [0.05, 0.1) is 12.1 Å². The highest BCUT2D eigenvalue weighted by Gasteiger charge is 2.32. The normalized spacial score (nSPS) is 18.6. The van der Waals surface area contributed by atoms with E-state index >= 15 is 0 Å². The number of primary amides is 1. The summed E-state index contributed by atoms with van der Waals surface area (Å²) >= 11 is 0. The van der Waals surface area contributed by atoms with Gasteiger partial charge in [0.25, 0.3) is 0 Å². The Morgan fingerprint density at radius 3 is 2.67 bits per heavy atom. The minimum atomic E-state index is -4.44. The largest absolute Gasteiger partial charge is 0.489 e. The quantitative estimate of drug-likeness (QED) is 0.834. The molecule has 1 heterocycles. The molecule has 1 unspecified atom stereocenters. The van der Waals surface area contributed by atoms with Gasteiger partial charge in [0.2, 0.25) is 0 Å². The van der Waals surface area contributed by atoms with Gasteiger partial charge in [-0.1, -0.05) is 6.07 Å². The molecule has 1 aliphatic rings. The van der Waals surface area contributed by atoms with Crippen molar-refractivity contribution in [3.05, 3.63) is 29.8 Å². The van der Waals surface area contributed by atoms with Crippen LogP contribution in [0, 0.1) is 0 Å². The first kappa shape index (κ1) is 15.1. The highest BCUT2D eigenvalue weighted by atomic mass is 19.4. The van der Waals surface area contributed by atoms with Gasteiger partial charge in [-0.05, 0) is 18.2 Å². The van der Waals surface area contributed by atoms with E-state index in [0.717, 1.165) is 12.1 Å². The zero-order valence-corrected chi connectivity index (χ0v) is 10.9. The molecular formula is C13H13F3N2O3. The molecule has 2 amide bonds. The van der Waals surface area contributed by atoms with Crippen molar-refractivity contribution in [1.82, 2.24) is 4.90 Å². The number of ether oxygens (including phenoxy) is 1. The van der Waals surface area contributed by atoms with E-state index < -0.39 is 29.7 Å². The summed E-state index contributed by atoms with van der Waals surface area (Å²) in [6, 6.07) is 4.51. The standard InChI is InChI=1S/C13H13F3N2O3/c14-13(15,16)8-2-1-3-9(6-8)21-10-4-5-18(7-10)12(20)11(17)19/h1-3,6,10H,4-5,7H2,(H2,17,19). The lowest BCUT2D eigenvalue weighted by Gasteiger charge is -2.16. The van der Waals surface area contributed by atoms with Crippen molar-refractivity contribution in [2.45, 2.75) is 18.7 Å². The molecule has 5 nitrogen and oxygen atoms in total. The van der Waals surface area contributed by atoms with E-state index in [-0.39, 0.29) is 18.8 Å². The fourth-order valence-corrected chi connectivity index (χ4v) is 2.10. The van der Waals surface area contributed by atoms with Gasteiger partial charge in [-0.2, -0.15) is 13.2 Å². The first-order valence-corrected chi connectivity index (χ1v) is 6.20. The van der Waals surface area contributed by atoms with E-state index in [2.05, 4.69) is 0 Å². The van der Waals surface area contributed by atoms with Crippen LogP contribution in [-0.4, -0.2) is 35.9 Å². The van der Waals surface area contributed by atoms with Crippen LogP contribution in [0.4, 0.5) is 13.2 Å². The Bertz CT molecular complexity index is 560. The van der Waals surface area contributed by atoms with E-state index in [4.69, 9.17) is 10.5 Å². The molecule has 0 saturated carbocycles. The Balaban J connectivity index is 2.01. The summed E-state index contributed by atoms with van der Waals surface area (Å²) in [5.74, 6) is -1.80. The maximum Gasteiger partial charge on any atom is 0.416 e. The second kappa shape index (κ2) is 5.63. The van der Waals surface area contributed by atoms with Gasteiger partial charge < -0.3 is 15.4 Å². The van der Waals surface area contributed by atoms with Crippen molar-refractivity contribution in [1.29, 1.82) is 0 Å². The number of likely N-dealkylation sites (tertiary alicyclic amines) is 1. The van der Waals surface area contributed by atoms with Crippen LogP contribution in [0.1, 0.15) is 12.0 Å². The average Bonchev–Trinajstić information content (AvgIpc) is 2.85. The number of nitrogens with zero attached hydrogens (tertiary/aromatic N) is 1. The number of amides is 2. The number of halogens is 3. The lowest BCUT2D eigenvalue weighted by atomic mass is 10.2. The van der Waals surface area contributed by atoms with E-state index in [1.165, 1.54) is 17.0 Å². The minimum absolute atomic E-state index is 0.0724. The molecule has 1 fully saturated rings. The third-order valence-electron chi connectivity index (χ3n) is 3.11. The lowest BCUT2D eigenvalue weighted by Crippen LogP contribution is -2.39. The summed E-state index contributed by atoms with van der Waals surface area (Å²) in [6.45, 7) is 0.406. The van der Waals surface area contributed by atoms with Crippen molar-refractivity contribution < 1.29 is 27.5 Å². The van der Waals surface area contributed by atoms with Crippen molar-refractivity contribution in [2.24, 2.45) is 5.73 Å². The minimum Gasteiger partial charge on any atom is -0.489 e. The molecule has 0 bridgehead atoms. The number of carbonyl (C=O) groups is 2. The average molecular weight is 302 g/mol. The van der Waals surface area contributed by atoms with E-state index in [9.17, 15) is 22.8 Å². The Labute approximate surface area is 118 Å². The van der Waals surface area contributed by atoms with Crippen LogP contribution >= 0.6 is 0 Å². The fourth-order valence-electron chi connectivity index (χ4n) is 2.10. The van der Waals surface area contributed by atoms with E-state index in [1.54, 1.807) is 0 Å². The van der Waals surface area contributed by atoms with Gasteiger partial charge in [0.15, 0.2) is 0 Å². The number of benzene rings is 1. The predicted octanol–water partition coefficient (Wildman–Crippen LogP) is 1.17. The Morgan fingerprint density at radius 1 is 1.33 bits per heavy atom. The highest BCUT2D eigenvalue weighted by Crippen LogP contribution is 2.31. The van der Waals surface area contributed by atoms with Crippen molar-refractivity contribution >= 4 is 11.8 Å². The SMILES string of the molecule is NC(=O)C(=O)N1CCC(Oc2cccc(C(F)(F)F)c2)C1. The van der Waals surface area contributed by atoms with E-state index in [1.807, 2.05) is 0 Å². The third kappa shape index (κ3) is 3.65.